The molecule has 0 aromatic heterocycles. The molecule has 11 N–H and O–H groups in total. The number of likely N-dealkylation sites (N-methyl/N-ethyl adjacent to an activating group) is 2. The summed E-state index contributed by atoms with van der Waals surface area (Å²) in [4.78, 5) is 42.5. The number of aliphatic hydroxyl groups is 8. The summed E-state index contributed by atoms with van der Waals surface area (Å²) in [5.74, 6) is -7.51. The van der Waals surface area contributed by atoms with Crippen LogP contribution >= 0.6 is 0 Å². The van der Waals surface area contributed by atoms with Crippen molar-refractivity contribution in [2.24, 2.45) is 29.6 Å². The van der Waals surface area contributed by atoms with Gasteiger partial charge in [0.15, 0.2) is 18.4 Å². The molecule has 0 spiro atoms. The van der Waals surface area contributed by atoms with Gasteiger partial charge in [0.2, 0.25) is 12.2 Å². The molecule has 80 heavy (non-hydrogen) atoms. The highest BCUT2D eigenvalue weighted by Crippen LogP contribution is 2.44. The third-order valence-electron chi connectivity index (χ3n) is 18.6. The SMILES string of the molecule is CC[C@H]1OC(=O)[C@H](C)[C@@H](OC2CC(C)(OC)C(O)C(C)O2)C(C)[C@@H](OC2OC(C)CC(C)C2O)[C@](C)(O)C[C@@H](C)[C@H](NCCNC(=O)CCCN(C)[C@@H]2[C@H](O)[C@H](NC)[C@H]3O[C@@]4(O)C(=O)C[C@@H](C)O[C@H]4O[C@@H]3[C@H]2O)[C@H](C)[C@@H](O)[C@]1(C)O. The second-order valence-electron chi connectivity index (χ2n) is 25.1. The fraction of sp³-hybridized carbons (Fsp3) is 0.946. The number of hydrogen-bond acceptors (Lipinski definition) is 23. The van der Waals surface area contributed by atoms with Gasteiger partial charge in [-0.15, -0.1) is 0 Å². The summed E-state index contributed by atoms with van der Waals surface area (Å²) in [6.07, 6.45) is -16.1. The Morgan fingerprint density at radius 1 is 0.787 bits per heavy atom. The maximum atomic E-state index is 14.5. The number of amides is 1. The molecule has 464 valence electrons. The van der Waals surface area contributed by atoms with Gasteiger partial charge in [0, 0.05) is 57.3 Å². The van der Waals surface area contributed by atoms with Crippen LogP contribution in [0.2, 0.25) is 0 Å². The minimum Gasteiger partial charge on any atom is -0.459 e. The Morgan fingerprint density at radius 2 is 1.46 bits per heavy atom. The Labute approximate surface area is 472 Å². The number of methoxy groups -OCH3 is 1. The van der Waals surface area contributed by atoms with Crippen LogP contribution in [0, 0.1) is 29.6 Å². The van der Waals surface area contributed by atoms with E-state index in [4.69, 9.17) is 42.6 Å². The number of carbonyl (C=O) groups is 3. The van der Waals surface area contributed by atoms with Gasteiger partial charge in [0.05, 0.1) is 71.9 Å². The molecule has 6 aliphatic rings. The molecule has 0 bridgehead atoms. The molecule has 6 fully saturated rings. The van der Waals surface area contributed by atoms with Crippen molar-refractivity contribution in [1.29, 1.82) is 0 Å². The number of Topliss-reactive ketones (excluding diaryl/α,β-unsaturated/α-hetero) is 1. The summed E-state index contributed by atoms with van der Waals surface area (Å²) >= 11 is 0. The molecule has 5 aliphatic heterocycles. The fourth-order valence-corrected chi connectivity index (χ4v) is 13.8. The van der Waals surface area contributed by atoms with E-state index in [0.717, 1.165) is 0 Å². The lowest BCUT2D eigenvalue weighted by atomic mass is 9.72. The first kappa shape index (κ1) is 67.0. The first-order valence-corrected chi connectivity index (χ1v) is 29.1. The van der Waals surface area contributed by atoms with Crippen LogP contribution in [-0.2, 0) is 57.0 Å². The Kier molecular flexibility index (Phi) is 22.6. The number of fused-ring (bicyclic) bond motifs is 2. The van der Waals surface area contributed by atoms with Crippen LogP contribution in [0.4, 0.5) is 0 Å². The van der Waals surface area contributed by atoms with Gasteiger partial charge in [0.1, 0.15) is 42.2 Å². The molecule has 24 nitrogen and oxygen atoms in total. The number of rotatable bonds is 16. The van der Waals surface area contributed by atoms with Crippen molar-refractivity contribution in [2.75, 3.05) is 40.8 Å². The van der Waals surface area contributed by atoms with E-state index < -0.39 is 168 Å². The lowest BCUT2D eigenvalue weighted by Crippen LogP contribution is -2.77. The second-order valence-corrected chi connectivity index (χ2v) is 25.1. The average Bonchev–Trinajstić information content (AvgIpc) is 3.51. The molecule has 5 heterocycles. The number of nitrogens with one attached hydrogen (secondary N) is 3. The van der Waals surface area contributed by atoms with Gasteiger partial charge in [-0.25, -0.2) is 0 Å². The van der Waals surface area contributed by atoms with Gasteiger partial charge in [0.25, 0.3) is 5.79 Å². The van der Waals surface area contributed by atoms with Crippen LogP contribution in [0.25, 0.3) is 0 Å². The van der Waals surface area contributed by atoms with E-state index in [1.54, 1.807) is 74.4 Å². The zero-order chi connectivity index (χ0) is 59.7. The molecule has 0 radical (unpaired) electrons. The molecule has 24 heteroatoms. The summed E-state index contributed by atoms with van der Waals surface area (Å²) < 4.78 is 55.5. The Morgan fingerprint density at radius 3 is 2.10 bits per heavy atom. The molecule has 1 amide bonds. The Bertz CT molecular complexity index is 2050. The first-order valence-electron chi connectivity index (χ1n) is 29.1. The molecule has 6 rings (SSSR count). The first-order chi connectivity index (χ1) is 37.3. The smallest absolute Gasteiger partial charge is 0.311 e. The predicted molar refractivity (Wildman–Crippen MR) is 287 cm³/mol. The summed E-state index contributed by atoms with van der Waals surface area (Å²) in [5.41, 5.74) is -4.86. The van der Waals surface area contributed by atoms with Crippen LogP contribution in [-0.4, -0.2) is 243 Å². The minimum absolute atomic E-state index is 0.00971. The van der Waals surface area contributed by atoms with E-state index in [-0.39, 0.29) is 69.7 Å². The standard InChI is InChI=1S/C56H100N4O20/c1-16-35-55(12,70)47(66)30(6)38(59-20-19-58-36(62)18-17-21-60(14)40-42(64)39(57-13)45-46(43(40)65)78-52-56(71,80-45)34(61)23-29(5)74-52)27(3)24-53(10,69)49(79-51-41(63)26(2)22-28(4)73-51)31(7)44(32(8)50(68)76-35)77-37-25-54(11,72-15)48(67)33(9)75-37/h26-33,35,37-49,51-52,57,59,63-67,69-71H,16-25H2,1-15H3,(H,58,62)/t26?,27-,28?,29-,30+,31?,32-,33?,35-,37?,38+,39+,40-,41?,42-,43+,44+,45-,46-,47-,48?,49-,51?,52+,53-,54?,55-,56+/m1/s1. The van der Waals surface area contributed by atoms with E-state index in [9.17, 15) is 55.2 Å². The summed E-state index contributed by atoms with van der Waals surface area (Å²) in [5, 5.41) is 104. The van der Waals surface area contributed by atoms with Crippen molar-refractivity contribution in [1.82, 2.24) is 20.9 Å². The number of carbonyl (C=O) groups excluding carboxylic acids is 3. The molecular weight excluding hydrogens is 1050 g/mol. The Balaban J connectivity index is 1.18. The number of hydrogen-bond donors (Lipinski definition) is 11. The predicted octanol–water partition coefficient (Wildman–Crippen LogP) is -0.423. The number of ketones is 1. The van der Waals surface area contributed by atoms with Gasteiger partial charge in [-0.05, 0) is 107 Å². The van der Waals surface area contributed by atoms with Crippen molar-refractivity contribution >= 4 is 17.7 Å². The average molecular weight is 1150 g/mol. The molecule has 28 atom stereocenters. The lowest BCUT2D eigenvalue weighted by Gasteiger charge is -2.56. The maximum Gasteiger partial charge on any atom is 0.311 e. The second kappa shape index (κ2) is 27.0. The monoisotopic (exact) mass is 1150 g/mol. The molecule has 0 aromatic carbocycles. The summed E-state index contributed by atoms with van der Waals surface area (Å²) in [6.45, 7) is 21.2. The van der Waals surface area contributed by atoms with Crippen molar-refractivity contribution in [2.45, 2.75) is 267 Å². The molecule has 5 saturated heterocycles. The number of ether oxygens (including phenoxy) is 9. The van der Waals surface area contributed by atoms with Crippen molar-refractivity contribution in [3.63, 3.8) is 0 Å². The highest BCUT2D eigenvalue weighted by Gasteiger charge is 2.64. The van der Waals surface area contributed by atoms with Crippen molar-refractivity contribution < 1.29 is 97.9 Å². The van der Waals surface area contributed by atoms with Crippen LogP contribution in [0.1, 0.15) is 128 Å². The van der Waals surface area contributed by atoms with E-state index in [1.807, 2.05) is 20.8 Å². The number of esters is 1. The molecule has 0 aromatic rings. The summed E-state index contributed by atoms with van der Waals surface area (Å²) in [6, 6.07) is -2.43. The normalized spacial score (nSPS) is 49.0. The zero-order valence-electron chi connectivity index (χ0n) is 49.9. The van der Waals surface area contributed by atoms with Gasteiger partial charge in [-0.3, -0.25) is 19.3 Å². The van der Waals surface area contributed by atoms with Gasteiger partial charge >= 0.3 is 5.97 Å². The fourth-order valence-electron chi connectivity index (χ4n) is 13.8. The quantitative estimate of drug-likeness (QED) is 0.0691. The van der Waals surface area contributed by atoms with Crippen molar-refractivity contribution in [3.8, 4) is 0 Å². The number of cyclic esters (lactones) is 1. The third kappa shape index (κ3) is 14.2. The minimum atomic E-state index is -2.40. The topological polar surface area (TPSA) is 335 Å². The van der Waals surface area contributed by atoms with E-state index in [0.29, 0.717) is 12.8 Å². The largest absolute Gasteiger partial charge is 0.459 e. The van der Waals surface area contributed by atoms with Gasteiger partial charge < -0.3 is 99.4 Å². The van der Waals surface area contributed by atoms with Crippen molar-refractivity contribution in [3.05, 3.63) is 0 Å². The lowest BCUT2D eigenvalue weighted by molar-refractivity contribution is -0.421. The third-order valence-corrected chi connectivity index (χ3v) is 18.6. The van der Waals surface area contributed by atoms with E-state index in [1.165, 1.54) is 14.0 Å². The van der Waals surface area contributed by atoms with Crippen LogP contribution in [0.15, 0.2) is 0 Å². The summed E-state index contributed by atoms with van der Waals surface area (Å²) in [7, 11) is 4.76. The van der Waals surface area contributed by atoms with Gasteiger partial charge in [-0.2, -0.15) is 0 Å². The van der Waals surface area contributed by atoms with Crippen LogP contribution in [0.3, 0.4) is 0 Å². The van der Waals surface area contributed by atoms with E-state index >= 15 is 0 Å². The molecular formula is C56H100N4O20. The highest BCUT2D eigenvalue weighted by atomic mass is 16.8. The van der Waals surface area contributed by atoms with Crippen LogP contribution in [0.5, 0.6) is 0 Å². The van der Waals surface area contributed by atoms with Crippen LogP contribution < -0.4 is 16.0 Å². The highest BCUT2D eigenvalue weighted by molar-refractivity contribution is 5.87. The Hall–Kier alpha value is -2.15. The number of nitrogens with zero attached hydrogens (tertiary/aromatic N) is 1. The molecule has 1 aliphatic carbocycles. The molecule has 9 unspecified atom stereocenters. The number of aliphatic hydroxyl groups excluding tert-OH is 5. The van der Waals surface area contributed by atoms with Gasteiger partial charge in [-0.1, -0.05) is 34.6 Å². The van der Waals surface area contributed by atoms with E-state index in [2.05, 4.69) is 16.0 Å². The maximum absolute atomic E-state index is 14.5. The zero-order valence-corrected chi connectivity index (χ0v) is 49.9. The molecule has 1 saturated carbocycles.